The molecular formula is C12H15ClN2O3. The molecule has 1 aromatic carbocycles. The minimum Gasteiger partial charge on any atom is -0.351 e. The lowest BCUT2D eigenvalue weighted by molar-refractivity contribution is -0.384. The quantitative estimate of drug-likeness (QED) is 0.678. The fourth-order valence-corrected chi connectivity index (χ4v) is 1.56. The van der Waals surface area contributed by atoms with Crippen LogP contribution in [-0.2, 0) is 0 Å². The second-order valence-electron chi connectivity index (χ2n) is 5.14. The van der Waals surface area contributed by atoms with Gasteiger partial charge < -0.3 is 5.32 Å². The summed E-state index contributed by atoms with van der Waals surface area (Å²) in [6.07, 6.45) is 0. The highest BCUT2D eigenvalue weighted by Crippen LogP contribution is 2.27. The minimum absolute atomic E-state index is 0.0666. The van der Waals surface area contributed by atoms with Gasteiger partial charge in [-0.2, -0.15) is 0 Å². The molecule has 18 heavy (non-hydrogen) atoms. The summed E-state index contributed by atoms with van der Waals surface area (Å²) in [5.74, 6) is -0.404. The molecule has 1 N–H and O–H groups in total. The molecule has 0 aromatic heterocycles. The second kappa shape index (κ2) is 5.35. The second-order valence-corrected chi connectivity index (χ2v) is 5.52. The average Bonchev–Trinajstić information content (AvgIpc) is 2.24. The molecular weight excluding hydrogens is 256 g/mol. The van der Waals surface area contributed by atoms with E-state index >= 15 is 0 Å². The standard InChI is InChI=1S/C12H15ClN2O3/c1-12(2,3)7-14-11(16)8-5-4-6-9(10(8)13)15(17)18/h4-6H,7H2,1-3H3,(H,14,16). The Kier molecular flexibility index (Phi) is 4.29. The van der Waals surface area contributed by atoms with Crippen molar-refractivity contribution in [1.29, 1.82) is 0 Å². The van der Waals surface area contributed by atoms with Crippen LogP contribution in [0.1, 0.15) is 31.1 Å². The smallest absolute Gasteiger partial charge is 0.288 e. The number of carbonyl (C=O) groups excluding carboxylic acids is 1. The molecule has 98 valence electrons. The molecule has 1 amide bonds. The molecule has 5 nitrogen and oxygen atoms in total. The van der Waals surface area contributed by atoms with Gasteiger partial charge in [0.25, 0.3) is 11.6 Å². The number of rotatable bonds is 3. The van der Waals surface area contributed by atoms with E-state index in [4.69, 9.17) is 11.6 Å². The molecule has 0 aliphatic carbocycles. The molecule has 0 aliphatic rings. The van der Waals surface area contributed by atoms with Gasteiger partial charge in [0.1, 0.15) is 5.02 Å². The molecule has 1 aromatic rings. The monoisotopic (exact) mass is 270 g/mol. The lowest BCUT2D eigenvalue weighted by atomic mass is 9.97. The summed E-state index contributed by atoms with van der Waals surface area (Å²) in [4.78, 5) is 22.0. The van der Waals surface area contributed by atoms with Gasteiger partial charge in [-0.3, -0.25) is 14.9 Å². The Balaban J connectivity index is 2.93. The molecule has 0 aliphatic heterocycles. The van der Waals surface area contributed by atoms with Crippen LogP contribution in [0.5, 0.6) is 0 Å². The van der Waals surface area contributed by atoms with Gasteiger partial charge in [-0.15, -0.1) is 0 Å². The summed E-state index contributed by atoms with van der Waals surface area (Å²) in [6, 6.07) is 4.17. The van der Waals surface area contributed by atoms with Crippen molar-refractivity contribution in [2.75, 3.05) is 6.54 Å². The highest BCUT2D eigenvalue weighted by atomic mass is 35.5. The van der Waals surface area contributed by atoms with Crippen LogP contribution in [0.2, 0.25) is 5.02 Å². The number of hydrogen-bond donors (Lipinski definition) is 1. The van der Waals surface area contributed by atoms with E-state index in [2.05, 4.69) is 5.32 Å². The topological polar surface area (TPSA) is 72.2 Å². The van der Waals surface area contributed by atoms with Crippen LogP contribution < -0.4 is 5.32 Å². The molecule has 0 unspecified atom stereocenters. The Labute approximate surface area is 110 Å². The number of nitro groups is 1. The molecule has 1 rings (SSSR count). The lowest BCUT2D eigenvalue weighted by Crippen LogP contribution is -2.32. The minimum atomic E-state index is -0.608. The van der Waals surface area contributed by atoms with E-state index in [1.54, 1.807) is 0 Å². The van der Waals surface area contributed by atoms with E-state index in [0.717, 1.165) is 0 Å². The zero-order valence-corrected chi connectivity index (χ0v) is 11.2. The van der Waals surface area contributed by atoms with E-state index in [1.807, 2.05) is 20.8 Å². The van der Waals surface area contributed by atoms with Crippen LogP contribution in [0.4, 0.5) is 5.69 Å². The number of nitrogens with zero attached hydrogens (tertiary/aromatic N) is 1. The summed E-state index contributed by atoms with van der Waals surface area (Å²) < 4.78 is 0. The van der Waals surface area contributed by atoms with Crippen molar-refractivity contribution in [2.24, 2.45) is 5.41 Å². The number of hydrogen-bond acceptors (Lipinski definition) is 3. The number of halogens is 1. The first-order valence-corrected chi connectivity index (χ1v) is 5.81. The Morgan fingerprint density at radius 1 is 1.44 bits per heavy atom. The molecule has 6 heteroatoms. The zero-order valence-electron chi connectivity index (χ0n) is 10.5. The Bertz CT molecular complexity index is 481. The van der Waals surface area contributed by atoms with E-state index in [9.17, 15) is 14.9 Å². The van der Waals surface area contributed by atoms with Crippen molar-refractivity contribution in [1.82, 2.24) is 5.32 Å². The number of benzene rings is 1. The predicted molar refractivity (Wildman–Crippen MR) is 69.9 cm³/mol. The van der Waals surface area contributed by atoms with Crippen LogP contribution in [0.25, 0.3) is 0 Å². The largest absolute Gasteiger partial charge is 0.351 e. The van der Waals surface area contributed by atoms with Crippen molar-refractivity contribution in [3.63, 3.8) is 0 Å². The molecule has 0 bridgehead atoms. The molecule has 0 fully saturated rings. The fourth-order valence-electron chi connectivity index (χ4n) is 1.28. The van der Waals surface area contributed by atoms with Gasteiger partial charge in [-0.1, -0.05) is 38.4 Å². The molecule has 0 spiro atoms. The first kappa shape index (κ1) is 14.4. The number of carbonyl (C=O) groups is 1. The highest BCUT2D eigenvalue weighted by molar-refractivity contribution is 6.35. The van der Waals surface area contributed by atoms with Gasteiger partial charge >= 0.3 is 0 Å². The molecule has 0 saturated heterocycles. The molecule has 0 saturated carbocycles. The van der Waals surface area contributed by atoms with Crippen molar-refractivity contribution < 1.29 is 9.72 Å². The van der Waals surface area contributed by atoms with E-state index in [0.29, 0.717) is 6.54 Å². The summed E-state index contributed by atoms with van der Waals surface area (Å²) in [5.41, 5.74) is -0.210. The first-order chi connectivity index (χ1) is 8.22. The van der Waals surface area contributed by atoms with Crippen LogP contribution in [0.15, 0.2) is 18.2 Å². The number of nitrogens with one attached hydrogen (secondary N) is 1. The van der Waals surface area contributed by atoms with Gasteiger partial charge in [0.2, 0.25) is 0 Å². The SMILES string of the molecule is CC(C)(C)CNC(=O)c1cccc([N+](=O)[O-])c1Cl. The van der Waals surface area contributed by atoms with Gasteiger partial charge in [0.15, 0.2) is 0 Å². The first-order valence-electron chi connectivity index (χ1n) is 5.43. The third-order valence-corrected chi connectivity index (χ3v) is 2.60. The van der Waals surface area contributed by atoms with E-state index in [-0.39, 0.29) is 21.7 Å². The van der Waals surface area contributed by atoms with Crippen molar-refractivity contribution in [3.05, 3.63) is 38.9 Å². The zero-order chi connectivity index (χ0) is 13.9. The van der Waals surface area contributed by atoms with E-state index < -0.39 is 10.8 Å². The number of amides is 1. The normalized spacial score (nSPS) is 11.1. The lowest BCUT2D eigenvalue weighted by Gasteiger charge is -2.18. The third kappa shape index (κ3) is 3.70. The predicted octanol–water partition coefficient (Wildman–Crippen LogP) is 3.02. The average molecular weight is 271 g/mol. The molecule has 0 radical (unpaired) electrons. The van der Waals surface area contributed by atoms with Gasteiger partial charge in [-0.05, 0) is 11.5 Å². The maximum absolute atomic E-state index is 11.9. The Morgan fingerprint density at radius 2 is 2.06 bits per heavy atom. The summed E-state index contributed by atoms with van der Waals surface area (Å²) in [6.45, 7) is 6.39. The van der Waals surface area contributed by atoms with Crippen LogP contribution in [0, 0.1) is 15.5 Å². The number of nitro benzene ring substituents is 1. The van der Waals surface area contributed by atoms with Crippen LogP contribution >= 0.6 is 11.6 Å². The molecule has 0 heterocycles. The summed E-state index contributed by atoms with van der Waals surface area (Å²) in [5, 5.41) is 13.3. The summed E-state index contributed by atoms with van der Waals surface area (Å²) in [7, 11) is 0. The maximum Gasteiger partial charge on any atom is 0.288 e. The Hall–Kier alpha value is -1.62. The van der Waals surface area contributed by atoms with E-state index in [1.165, 1.54) is 18.2 Å². The third-order valence-electron chi connectivity index (χ3n) is 2.20. The fraction of sp³-hybridized carbons (Fsp3) is 0.417. The van der Waals surface area contributed by atoms with Crippen molar-refractivity contribution in [3.8, 4) is 0 Å². The maximum atomic E-state index is 11.9. The van der Waals surface area contributed by atoms with Crippen LogP contribution in [-0.4, -0.2) is 17.4 Å². The van der Waals surface area contributed by atoms with Crippen molar-refractivity contribution in [2.45, 2.75) is 20.8 Å². The van der Waals surface area contributed by atoms with Gasteiger partial charge in [0.05, 0.1) is 10.5 Å². The summed E-state index contributed by atoms with van der Waals surface area (Å²) >= 11 is 5.85. The van der Waals surface area contributed by atoms with Crippen molar-refractivity contribution >= 4 is 23.2 Å². The van der Waals surface area contributed by atoms with Gasteiger partial charge in [0, 0.05) is 12.6 Å². The van der Waals surface area contributed by atoms with Crippen LogP contribution in [0.3, 0.4) is 0 Å². The Morgan fingerprint density at radius 3 is 2.56 bits per heavy atom. The highest BCUT2D eigenvalue weighted by Gasteiger charge is 2.20. The van der Waals surface area contributed by atoms with Gasteiger partial charge in [-0.25, -0.2) is 0 Å². The molecule has 0 atom stereocenters.